The van der Waals surface area contributed by atoms with Gasteiger partial charge in [0.2, 0.25) is 0 Å². The fraction of sp³-hybridized carbons (Fsp3) is 0.312. The molecule has 4 nitrogen and oxygen atoms in total. The molecule has 0 saturated carbocycles. The molecule has 20 heavy (non-hydrogen) atoms. The standard InChI is InChI=1S/C16H17N3O/c1-2-10-19-12-18-11-15(19)16(20)14(8-9-17)13-6-4-3-5-7-13/h3-7,11-12,14H,2,8,10H2,1H3. The molecule has 1 unspecified atom stereocenters. The van der Waals surface area contributed by atoms with E-state index in [0.717, 1.165) is 18.5 Å². The minimum atomic E-state index is -0.423. The molecule has 102 valence electrons. The Kier molecular flexibility index (Phi) is 4.67. The first-order chi connectivity index (χ1) is 9.77. The Morgan fingerprint density at radius 3 is 2.80 bits per heavy atom. The quantitative estimate of drug-likeness (QED) is 0.755. The highest BCUT2D eigenvalue weighted by Gasteiger charge is 2.24. The number of ketones is 1. The third-order valence-corrected chi connectivity index (χ3v) is 3.24. The van der Waals surface area contributed by atoms with Gasteiger partial charge in [0.1, 0.15) is 5.69 Å². The number of benzene rings is 1. The van der Waals surface area contributed by atoms with E-state index in [4.69, 9.17) is 5.26 Å². The van der Waals surface area contributed by atoms with Crippen LogP contribution in [-0.2, 0) is 6.54 Å². The number of rotatable bonds is 6. The summed E-state index contributed by atoms with van der Waals surface area (Å²) < 4.78 is 1.86. The van der Waals surface area contributed by atoms with Crippen LogP contribution >= 0.6 is 0 Å². The van der Waals surface area contributed by atoms with Gasteiger partial charge in [-0.1, -0.05) is 37.3 Å². The molecule has 0 spiro atoms. The van der Waals surface area contributed by atoms with E-state index in [0.29, 0.717) is 5.69 Å². The van der Waals surface area contributed by atoms with Gasteiger partial charge in [0.25, 0.3) is 0 Å². The molecule has 0 radical (unpaired) electrons. The van der Waals surface area contributed by atoms with Crippen LogP contribution in [0.5, 0.6) is 0 Å². The Morgan fingerprint density at radius 1 is 1.40 bits per heavy atom. The number of hydrogen-bond donors (Lipinski definition) is 0. The molecule has 4 heteroatoms. The summed E-state index contributed by atoms with van der Waals surface area (Å²) in [6.07, 6.45) is 4.38. The maximum absolute atomic E-state index is 12.7. The SMILES string of the molecule is CCCn1cncc1C(=O)C(CC#N)c1ccccc1. The molecule has 0 bridgehead atoms. The molecule has 0 aliphatic heterocycles. The van der Waals surface area contributed by atoms with Gasteiger partial charge < -0.3 is 4.57 Å². The summed E-state index contributed by atoms with van der Waals surface area (Å²) in [5.74, 6) is -0.461. The summed E-state index contributed by atoms with van der Waals surface area (Å²) in [6, 6.07) is 11.6. The predicted octanol–water partition coefficient (Wildman–Crippen LogP) is 3.17. The van der Waals surface area contributed by atoms with E-state index in [-0.39, 0.29) is 12.2 Å². The Hall–Kier alpha value is -2.41. The molecule has 2 rings (SSSR count). The summed E-state index contributed by atoms with van der Waals surface area (Å²) in [5.41, 5.74) is 1.46. The zero-order chi connectivity index (χ0) is 14.4. The third kappa shape index (κ3) is 2.94. The number of nitriles is 1. The monoisotopic (exact) mass is 267 g/mol. The maximum atomic E-state index is 12.7. The predicted molar refractivity (Wildman–Crippen MR) is 76.3 cm³/mol. The van der Waals surface area contributed by atoms with Crippen LogP contribution in [0, 0.1) is 11.3 Å². The molecule has 0 fully saturated rings. The second kappa shape index (κ2) is 6.67. The van der Waals surface area contributed by atoms with Crippen LogP contribution in [0.4, 0.5) is 0 Å². The highest BCUT2D eigenvalue weighted by Crippen LogP contribution is 2.24. The fourth-order valence-corrected chi connectivity index (χ4v) is 2.26. The summed E-state index contributed by atoms with van der Waals surface area (Å²) >= 11 is 0. The average molecular weight is 267 g/mol. The third-order valence-electron chi connectivity index (χ3n) is 3.24. The van der Waals surface area contributed by atoms with Crippen LogP contribution in [0.1, 0.15) is 41.7 Å². The maximum Gasteiger partial charge on any atom is 0.189 e. The van der Waals surface area contributed by atoms with Crippen molar-refractivity contribution in [2.24, 2.45) is 0 Å². The van der Waals surface area contributed by atoms with Crippen molar-refractivity contribution in [1.82, 2.24) is 9.55 Å². The lowest BCUT2D eigenvalue weighted by molar-refractivity contribution is 0.0951. The van der Waals surface area contributed by atoms with Gasteiger partial charge in [0.15, 0.2) is 5.78 Å². The van der Waals surface area contributed by atoms with E-state index in [1.807, 2.05) is 34.9 Å². The second-order valence-electron chi connectivity index (χ2n) is 4.66. The van der Waals surface area contributed by atoms with Gasteiger partial charge in [-0.25, -0.2) is 4.98 Å². The Labute approximate surface area is 118 Å². The number of aromatic nitrogens is 2. The van der Waals surface area contributed by atoms with Gasteiger partial charge in [-0.05, 0) is 12.0 Å². The van der Waals surface area contributed by atoms with E-state index >= 15 is 0 Å². The van der Waals surface area contributed by atoms with Gasteiger partial charge in [-0.15, -0.1) is 0 Å². The molecule has 2 aromatic rings. The van der Waals surface area contributed by atoms with Crippen molar-refractivity contribution in [3.8, 4) is 6.07 Å². The molecule has 0 aliphatic rings. The van der Waals surface area contributed by atoms with Crippen molar-refractivity contribution in [3.63, 3.8) is 0 Å². The lowest BCUT2D eigenvalue weighted by atomic mass is 9.90. The van der Waals surface area contributed by atoms with Gasteiger partial charge in [-0.2, -0.15) is 5.26 Å². The Balaban J connectivity index is 2.32. The highest BCUT2D eigenvalue weighted by molar-refractivity contribution is 5.99. The number of carbonyl (C=O) groups excluding carboxylic acids is 1. The lowest BCUT2D eigenvalue weighted by Crippen LogP contribution is -2.17. The van der Waals surface area contributed by atoms with E-state index in [9.17, 15) is 4.79 Å². The van der Waals surface area contributed by atoms with Crippen LogP contribution in [0.15, 0.2) is 42.9 Å². The number of Topliss-reactive ketones (excluding diaryl/α,β-unsaturated/α-hetero) is 1. The molecule has 1 aromatic carbocycles. The van der Waals surface area contributed by atoms with Crippen molar-refractivity contribution in [3.05, 3.63) is 54.1 Å². The van der Waals surface area contributed by atoms with Crippen LogP contribution < -0.4 is 0 Å². The largest absolute Gasteiger partial charge is 0.328 e. The van der Waals surface area contributed by atoms with E-state index in [2.05, 4.69) is 18.0 Å². The summed E-state index contributed by atoms with van der Waals surface area (Å²) in [4.78, 5) is 16.7. The van der Waals surface area contributed by atoms with Gasteiger partial charge in [0, 0.05) is 13.0 Å². The normalized spacial score (nSPS) is 11.8. The van der Waals surface area contributed by atoms with Gasteiger partial charge >= 0.3 is 0 Å². The van der Waals surface area contributed by atoms with Gasteiger partial charge in [0.05, 0.1) is 24.5 Å². The zero-order valence-electron chi connectivity index (χ0n) is 11.5. The van der Waals surface area contributed by atoms with Crippen molar-refractivity contribution < 1.29 is 4.79 Å². The summed E-state index contributed by atoms with van der Waals surface area (Å²) in [5, 5.41) is 8.99. The van der Waals surface area contributed by atoms with Crippen LogP contribution in [0.3, 0.4) is 0 Å². The number of carbonyl (C=O) groups is 1. The van der Waals surface area contributed by atoms with Crippen LogP contribution in [-0.4, -0.2) is 15.3 Å². The molecule has 0 N–H and O–H groups in total. The first-order valence-electron chi connectivity index (χ1n) is 6.74. The van der Waals surface area contributed by atoms with E-state index < -0.39 is 5.92 Å². The molecule has 1 aromatic heterocycles. The van der Waals surface area contributed by atoms with E-state index in [1.54, 1.807) is 12.5 Å². The number of aryl methyl sites for hydroxylation is 1. The number of imidazole rings is 1. The summed E-state index contributed by atoms with van der Waals surface area (Å²) in [7, 11) is 0. The molecule has 0 amide bonds. The molecule has 1 atom stereocenters. The van der Waals surface area contributed by atoms with Crippen LogP contribution in [0.2, 0.25) is 0 Å². The molecular formula is C16H17N3O. The Morgan fingerprint density at radius 2 is 2.15 bits per heavy atom. The van der Waals surface area contributed by atoms with Crippen molar-refractivity contribution in [2.45, 2.75) is 32.2 Å². The number of hydrogen-bond acceptors (Lipinski definition) is 3. The number of nitrogens with zero attached hydrogens (tertiary/aromatic N) is 3. The minimum Gasteiger partial charge on any atom is -0.328 e. The first kappa shape index (κ1) is 14.0. The topological polar surface area (TPSA) is 58.7 Å². The minimum absolute atomic E-state index is 0.0382. The first-order valence-corrected chi connectivity index (χ1v) is 6.74. The Bertz CT molecular complexity index is 610. The fourth-order valence-electron chi connectivity index (χ4n) is 2.26. The van der Waals surface area contributed by atoms with Crippen LogP contribution in [0.25, 0.3) is 0 Å². The molecule has 0 aliphatic carbocycles. The lowest BCUT2D eigenvalue weighted by Gasteiger charge is -2.14. The zero-order valence-corrected chi connectivity index (χ0v) is 11.5. The van der Waals surface area contributed by atoms with E-state index in [1.165, 1.54) is 0 Å². The molecule has 0 saturated heterocycles. The second-order valence-corrected chi connectivity index (χ2v) is 4.66. The molecule has 1 heterocycles. The van der Waals surface area contributed by atoms with Crippen molar-refractivity contribution in [2.75, 3.05) is 0 Å². The smallest absolute Gasteiger partial charge is 0.189 e. The molecular weight excluding hydrogens is 250 g/mol. The van der Waals surface area contributed by atoms with Gasteiger partial charge in [-0.3, -0.25) is 4.79 Å². The highest BCUT2D eigenvalue weighted by atomic mass is 16.1. The van der Waals surface area contributed by atoms with Crippen molar-refractivity contribution in [1.29, 1.82) is 5.26 Å². The average Bonchev–Trinajstić information content (AvgIpc) is 2.94. The van der Waals surface area contributed by atoms with Crippen molar-refractivity contribution >= 4 is 5.78 Å². The summed E-state index contributed by atoms with van der Waals surface area (Å²) in [6.45, 7) is 2.81.